The van der Waals surface area contributed by atoms with Gasteiger partial charge in [-0.1, -0.05) is 0 Å². The molecule has 2 N–H and O–H groups in total. The third kappa shape index (κ3) is 6.35. The van der Waals surface area contributed by atoms with Gasteiger partial charge in [0.1, 0.15) is 11.5 Å². The minimum atomic E-state index is -0.467. The highest BCUT2D eigenvalue weighted by Gasteiger charge is 2.12. The second-order valence-corrected chi connectivity index (χ2v) is 6.85. The SMILES string of the molecule is CCOc1ccc(Oc2cc(CNC(=O)CNC(=O)c3ccc(Br)o3)ccn2)cc1. The molecule has 1 aromatic carbocycles. The lowest BCUT2D eigenvalue weighted by atomic mass is 10.2. The molecule has 0 aliphatic carbocycles. The number of hydrogen-bond donors (Lipinski definition) is 2. The summed E-state index contributed by atoms with van der Waals surface area (Å²) in [5.74, 6) is 1.12. The van der Waals surface area contributed by atoms with Gasteiger partial charge >= 0.3 is 0 Å². The number of pyridine rings is 1. The summed E-state index contributed by atoms with van der Waals surface area (Å²) in [4.78, 5) is 28.0. The Kier molecular flexibility index (Phi) is 7.45. The first kappa shape index (κ1) is 21.4. The number of benzene rings is 1. The molecular weight excluding hydrogens is 454 g/mol. The highest BCUT2D eigenvalue weighted by atomic mass is 79.9. The lowest BCUT2D eigenvalue weighted by Gasteiger charge is -2.09. The van der Waals surface area contributed by atoms with Crippen LogP contribution in [0.4, 0.5) is 0 Å². The molecule has 0 fully saturated rings. The van der Waals surface area contributed by atoms with E-state index in [1.54, 1.807) is 36.5 Å². The van der Waals surface area contributed by atoms with E-state index in [1.807, 2.05) is 19.1 Å². The number of ether oxygens (including phenoxy) is 2. The molecule has 0 bridgehead atoms. The summed E-state index contributed by atoms with van der Waals surface area (Å²) in [5.41, 5.74) is 0.806. The Morgan fingerprint density at radius 3 is 2.53 bits per heavy atom. The van der Waals surface area contributed by atoms with Crippen LogP contribution in [0.5, 0.6) is 17.4 Å². The van der Waals surface area contributed by atoms with Gasteiger partial charge in [0.15, 0.2) is 10.4 Å². The van der Waals surface area contributed by atoms with Gasteiger partial charge in [0, 0.05) is 18.8 Å². The molecule has 0 aliphatic heterocycles. The number of nitrogens with zero attached hydrogens (tertiary/aromatic N) is 1. The molecule has 0 radical (unpaired) electrons. The summed E-state index contributed by atoms with van der Waals surface area (Å²) >= 11 is 3.12. The maximum Gasteiger partial charge on any atom is 0.287 e. The number of carbonyl (C=O) groups excluding carboxylic acids is 2. The maximum absolute atomic E-state index is 12.0. The number of rotatable bonds is 9. The third-order valence-corrected chi connectivity index (χ3v) is 4.28. The average Bonchev–Trinajstić information content (AvgIpc) is 3.19. The predicted molar refractivity (Wildman–Crippen MR) is 113 cm³/mol. The summed E-state index contributed by atoms with van der Waals surface area (Å²) in [7, 11) is 0. The van der Waals surface area contributed by atoms with Gasteiger partial charge in [-0.15, -0.1) is 0 Å². The van der Waals surface area contributed by atoms with Gasteiger partial charge in [-0.25, -0.2) is 4.98 Å². The van der Waals surface area contributed by atoms with Crippen molar-refractivity contribution in [2.24, 2.45) is 0 Å². The lowest BCUT2D eigenvalue weighted by molar-refractivity contribution is -0.120. The van der Waals surface area contributed by atoms with E-state index in [4.69, 9.17) is 13.9 Å². The quantitative estimate of drug-likeness (QED) is 0.491. The topological polar surface area (TPSA) is 103 Å². The van der Waals surface area contributed by atoms with E-state index in [2.05, 4.69) is 31.5 Å². The van der Waals surface area contributed by atoms with Crippen LogP contribution in [0.15, 0.2) is 63.8 Å². The first-order valence-corrected chi connectivity index (χ1v) is 9.98. The molecule has 0 aliphatic rings. The van der Waals surface area contributed by atoms with Crippen LogP contribution in [0, 0.1) is 0 Å². The standard InChI is InChI=1S/C21H20BrN3O5/c1-2-28-15-3-5-16(6-4-15)29-20-11-14(9-10-23-20)12-24-19(26)13-25-21(27)17-7-8-18(22)30-17/h3-11H,2,12-13H2,1H3,(H,24,26)(H,25,27). The number of aromatic nitrogens is 1. The van der Waals surface area contributed by atoms with Crippen molar-refractivity contribution in [3.8, 4) is 17.4 Å². The number of amides is 2. The summed E-state index contributed by atoms with van der Waals surface area (Å²) in [6, 6.07) is 13.8. The fourth-order valence-corrected chi connectivity index (χ4v) is 2.76. The molecule has 30 heavy (non-hydrogen) atoms. The molecule has 9 heteroatoms. The molecule has 0 saturated carbocycles. The van der Waals surface area contributed by atoms with Crippen LogP contribution in [-0.4, -0.2) is 29.9 Å². The Labute approximate surface area is 181 Å². The molecule has 156 valence electrons. The van der Waals surface area contributed by atoms with Gasteiger partial charge in [-0.3, -0.25) is 9.59 Å². The summed E-state index contributed by atoms with van der Waals surface area (Å²) < 4.78 is 16.7. The van der Waals surface area contributed by atoms with Crippen molar-refractivity contribution in [2.75, 3.05) is 13.2 Å². The highest BCUT2D eigenvalue weighted by molar-refractivity contribution is 9.10. The molecule has 0 saturated heterocycles. The molecule has 2 heterocycles. The number of nitrogens with one attached hydrogen (secondary N) is 2. The van der Waals surface area contributed by atoms with E-state index in [-0.39, 0.29) is 24.8 Å². The van der Waals surface area contributed by atoms with Gasteiger partial charge in [-0.05, 0) is 70.9 Å². The van der Waals surface area contributed by atoms with Gasteiger partial charge in [0.25, 0.3) is 5.91 Å². The normalized spacial score (nSPS) is 10.3. The fraction of sp³-hybridized carbons (Fsp3) is 0.190. The molecule has 2 aromatic heterocycles. The van der Waals surface area contributed by atoms with E-state index in [0.717, 1.165) is 11.3 Å². The zero-order chi connectivity index (χ0) is 21.3. The lowest BCUT2D eigenvalue weighted by Crippen LogP contribution is -2.36. The summed E-state index contributed by atoms with van der Waals surface area (Å²) in [5, 5.41) is 5.22. The van der Waals surface area contributed by atoms with Crippen LogP contribution < -0.4 is 20.1 Å². The number of carbonyl (C=O) groups is 2. The summed E-state index contributed by atoms with van der Waals surface area (Å²) in [6.07, 6.45) is 1.60. The van der Waals surface area contributed by atoms with Crippen LogP contribution in [-0.2, 0) is 11.3 Å². The predicted octanol–water partition coefficient (Wildman–Crippen LogP) is 3.67. The van der Waals surface area contributed by atoms with E-state index in [0.29, 0.717) is 22.9 Å². The number of halogens is 1. The first-order valence-electron chi connectivity index (χ1n) is 9.19. The van der Waals surface area contributed by atoms with E-state index >= 15 is 0 Å². The Morgan fingerprint density at radius 2 is 1.83 bits per heavy atom. The second-order valence-electron chi connectivity index (χ2n) is 6.07. The molecule has 0 atom stereocenters. The zero-order valence-corrected chi connectivity index (χ0v) is 17.8. The van der Waals surface area contributed by atoms with E-state index in [1.165, 1.54) is 6.07 Å². The molecular formula is C21H20BrN3O5. The minimum absolute atomic E-state index is 0.125. The van der Waals surface area contributed by atoms with Crippen molar-refractivity contribution in [2.45, 2.75) is 13.5 Å². The van der Waals surface area contributed by atoms with Crippen molar-refractivity contribution in [3.63, 3.8) is 0 Å². The van der Waals surface area contributed by atoms with Crippen LogP contribution >= 0.6 is 15.9 Å². The van der Waals surface area contributed by atoms with Gasteiger partial charge in [0.05, 0.1) is 13.2 Å². The number of hydrogen-bond acceptors (Lipinski definition) is 6. The Morgan fingerprint density at radius 1 is 1.07 bits per heavy atom. The van der Waals surface area contributed by atoms with Crippen molar-refractivity contribution in [3.05, 3.63) is 70.7 Å². The van der Waals surface area contributed by atoms with E-state index in [9.17, 15) is 9.59 Å². The van der Waals surface area contributed by atoms with Crippen molar-refractivity contribution < 1.29 is 23.5 Å². The van der Waals surface area contributed by atoms with Crippen LogP contribution in [0.2, 0.25) is 0 Å². The zero-order valence-electron chi connectivity index (χ0n) is 16.2. The van der Waals surface area contributed by atoms with Crippen molar-refractivity contribution >= 4 is 27.7 Å². The third-order valence-electron chi connectivity index (χ3n) is 3.85. The largest absolute Gasteiger partial charge is 0.494 e. The average molecular weight is 474 g/mol. The van der Waals surface area contributed by atoms with Crippen LogP contribution in [0.25, 0.3) is 0 Å². The molecule has 8 nitrogen and oxygen atoms in total. The Hall–Kier alpha value is -3.33. The van der Waals surface area contributed by atoms with E-state index < -0.39 is 5.91 Å². The van der Waals surface area contributed by atoms with Crippen LogP contribution in [0.1, 0.15) is 23.0 Å². The second kappa shape index (κ2) is 10.4. The minimum Gasteiger partial charge on any atom is -0.494 e. The van der Waals surface area contributed by atoms with Crippen molar-refractivity contribution in [1.29, 1.82) is 0 Å². The Bertz CT molecular complexity index is 1000. The number of furan rings is 1. The van der Waals surface area contributed by atoms with Gasteiger partial charge in [-0.2, -0.15) is 0 Å². The monoisotopic (exact) mass is 473 g/mol. The Balaban J connectivity index is 1.47. The fourth-order valence-electron chi connectivity index (χ4n) is 2.45. The van der Waals surface area contributed by atoms with Crippen molar-refractivity contribution in [1.82, 2.24) is 15.6 Å². The molecule has 2 amide bonds. The maximum atomic E-state index is 12.0. The molecule has 0 spiro atoms. The van der Waals surface area contributed by atoms with Crippen LogP contribution in [0.3, 0.4) is 0 Å². The van der Waals surface area contributed by atoms with Gasteiger partial charge in [0.2, 0.25) is 11.8 Å². The molecule has 0 unspecified atom stereocenters. The molecule has 3 aromatic rings. The smallest absolute Gasteiger partial charge is 0.287 e. The first-order chi connectivity index (χ1) is 14.5. The van der Waals surface area contributed by atoms with Gasteiger partial charge < -0.3 is 24.5 Å². The summed E-state index contributed by atoms with van der Waals surface area (Å²) in [6.45, 7) is 2.62. The highest BCUT2D eigenvalue weighted by Crippen LogP contribution is 2.23. The molecule has 3 rings (SSSR count).